The van der Waals surface area contributed by atoms with Crippen molar-refractivity contribution in [2.24, 2.45) is 16.6 Å². The zero-order valence-electron chi connectivity index (χ0n) is 12.3. The van der Waals surface area contributed by atoms with E-state index in [1.165, 1.54) is 12.8 Å². The summed E-state index contributed by atoms with van der Waals surface area (Å²) in [7, 11) is 0. The summed E-state index contributed by atoms with van der Waals surface area (Å²) >= 11 is 0. The van der Waals surface area contributed by atoms with Crippen LogP contribution < -0.4 is 5.73 Å². The van der Waals surface area contributed by atoms with Gasteiger partial charge in [0.15, 0.2) is 0 Å². The van der Waals surface area contributed by atoms with Crippen molar-refractivity contribution >= 4 is 5.91 Å². The Morgan fingerprint density at radius 3 is 2.67 bits per heavy atom. The molecule has 2 rings (SSSR count). The van der Waals surface area contributed by atoms with E-state index in [-0.39, 0.29) is 11.9 Å². The fourth-order valence-electron chi connectivity index (χ4n) is 4.37. The van der Waals surface area contributed by atoms with Gasteiger partial charge in [0.05, 0.1) is 6.04 Å². The molecule has 3 nitrogen and oxygen atoms in total. The van der Waals surface area contributed by atoms with Crippen LogP contribution in [-0.2, 0) is 4.79 Å². The third kappa shape index (κ3) is 2.56. The highest BCUT2D eigenvalue weighted by Gasteiger charge is 2.51. The van der Waals surface area contributed by atoms with Gasteiger partial charge in [-0.3, -0.25) is 4.79 Å². The molecule has 0 spiro atoms. The predicted molar refractivity (Wildman–Crippen MR) is 74.1 cm³/mol. The lowest BCUT2D eigenvalue weighted by Gasteiger charge is -2.39. The topological polar surface area (TPSA) is 46.3 Å². The van der Waals surface area contributed by atoms with Crippen molar-refractivity contribution in [2.45, 2.75) is 71.9 Å². The Balaban J connectivity index is 2.11. The minimum Gasteiger partial charge on any atom is -0.338 e. The molecule has 3 heteroatoms. The number of fused-ring (bicyclic) bond motifs is 2. The average molecular weight is 252 g/mol. The van der Waals surface area contributed by atoms with E-state index in [1.807, 2.05) is 0 Å². The fraction of sp³-hybridized carbons (Fsp3) is 0.933. The molecule has 1 saturated heterocycles. The number of nitrogens with two attached hydrogens (primary N) is 1. The number of hydrogen-bond acceptors (Lipinski definition) is 2. The van der Waals surface area contributed by atoms with Crippen molar-refractivity contribution in [1.29, 1.82) is 0 Å². The van der Waals surface area contributed by atoms with Crippen molar-refractivity contribution in [3.05, 3.63) is 0 Å². The molecule has 2 fully saturated rings. The predicted octanol–water partition coefficient (Wildman–Crippen LogP) is 2.54. The van der Waals surface area contributed by atoms with Crippen molar-refractivity contribution < 1.29 is 4.79 Å². The third-order valence-corrected chi connectivity index (χ3v) is 4.61. The van der Waals surface area contributed by atoms with Gasteiger partial charge in [0, 0.05) is 12.6 Å². The number of amides is 1. The Kier molecular flexibility index (Phi) is 3.48. The molecule has 0 aromatic heterocycles. The van der Waals surface area contributed by atoms with Gasteiger partial charge in [0.1, 0.15) is 0 Å². The minimum absolute atomic E-state index is 0.184. The first-order chi connectivity index (χ1) is 8.26. The molecule has 1 heterocycles. The number of carbonyl (C=O) groups is 1. The lowest BCUT2D eigenvalue weighted by molar-refractivity contribution is -0.133. The average Bonchev–Trinajstić information content (AvgIpc) is 2.47. The SMILES string of the molecule is CCC[C@H](N)C(=O)N1CC2(C)CC1CC(C)(C)C2. The van der Waals surface area contributed by atoms with Gasteiger partial charge in [-0.25, -0.2) is 0 Å². The van der Waals surface area contributed by atoms with Crippen molar-refractivity contribution in [2.75, 3.05) is 6.54 Å². The van der Waals surface area contributed by atoms with Crippen LogP contribution in [0.3, 0.4) is 0 Å². The van der Waals surface area contributed by atoms with E-state index in [9.17, 15) is 4.79 Å². The largest absolute Gasteiger partial charge is 0.338 e. The zero-order chi connectivity index (χ0) is 13.6. The maximum Gasteiger partial charge on any atom is 0.239 e. The van der Waals surface area contributed by atoms with Crippen LogP contribution in [0.5, 0.6) is 0 Å². The van der Waals surface area contributed by atoms with Gasteiger partial charge in [0.25, 0.3) is 0 Å². The molecule has 104 valence electrons. The molecule has 2 bridgehead atoms. The molecule has 1 aliphatic heterocycles. The summed E-state index contributed by atoms with van der Waals surface area (Å²) in [4.78, 5) is 14.5. The fourth-order valence-corrected chi connectivity index (χ4v) is 4.37. The summed E-state index contributed by atoms with van der Waals surface area (Å²) < 4.78 is 0. The van der Waals surface area contributed by atoms with Crippen LogP contribution in [0.2, 0.25) is 0 Å². The Morgan fingerprint density at radius 1 is 1.39 bits per heavy atom. The van der Waals surface area contributed by atoms with Crippen LogP contribution in [0.15, 0.2) is 0 Å². The van der Waals surface area contributed by atoms with Gasteiger partial charge in [0.2, 0.25) is 5.91 Å². The maximum atomic E-state index is 12.4. The summed E-state index contributed by atoms with van der Waals surface area (Å²) in [5.74, 6) is 0.184. The Morgan fingerprint density at radius 2 is 2.06 bits per heavy atom. The first-order valence-corrected chi connectivity index (χ1v) is 7.32. The molecule has 2 unspecified atom stereocenters. The molecule has 2 N–H and O–H groups in total. The maximum absolute atomic E-state index is 12.4. The lowest BCUT2D eigenvalue weighted by Crippen LogP contribution is -2.46. The highest BCUT2D eigenvalue weighted by Crippen LogP contribution is 2.52. The van der Waals surface area contributed by atoms with Gasteiger partial charge in [-0.05, 0) is 36.5 Å². The molecule has 0 aromatic carbocycles. The second kappa shape index (κ2) is 4.52. The monoisotopic (exact) mass is 252 g/mol. The van der Waals surface area contributed by atoms with Gasteiger partial charge < -0.3 is 10.6 Å². The Hall–Kier alpha value is -0.570. The lowest BCUT2D eigenvalue weighted by atomic mass is 9.65. The van der Waals surface area contributed by atoms with Gasteiger partial charge >= 0.3 is 0 Å². The van der Waals surface area contributed by atoms with E-state index >= 15 is 0 Å². The van der Waals surface area contributed by atoms with Crippen LogP contribution in [-0.4, -0.2) is 29.4 Å². The van der Waals surface area contributed by atoms with Gasteiger partial charge in [-0.2, -0.15) is 0 Å². The van der Waals surface area contributed by atoms with Crippen LogP contribution in [0, 0.1) is 10.8 Å². The van der Waals surface area contributed by atoms with Crippen molar-refractivity contribution in [3.8, 4) is 0 Å². The van der Waals surface area contributed by atoms with E-state index in [4.69, 9.17) is 5.73 Å². The zero-order valence-corrected chi connectivity index (χ0v) is 12.3. The van der Waals surface area contributed by atoms with E-state index < -0.39 is 0 Å². The molecule has 2 aliphatic rings. The molecule has 1 saturated carbocycles. The molecule has 18 heavy (non-hydrogen) atoms. The van der Waals surface area contributed by atoms with Crippen LogP contribution in [0.1, 0.15) is 59.8 Å². The summed E-state index contributed by atoms with van der Waals surface area (Å²) in [6.45, 7) is 9.99. The molecule has 0 aromatic rings. The first-order valence-electron chi connectivity index (χ1n) is 7.32. The summed E-state index contributed by atoms with van der Waals surface area (Å²) in [5, 5.41) is 0. The Labute approximate surface area is 111 Å². The number of carbonyl (C=O) groups excluding carboxylic acids is 1. The molecule has 1 amide bonds. The van der Waals surface area contributed by atoms with E-state index in [2.05, 4.69) is 32.6 Å². The number of rotatable bonds is 3. The smallest absolute Gasteiger partial charge is 0.239 e. The molecule has 3 atom stereocenters. The summed E-state index contributed by atoms with van der Waals surface area (Å²) in [6.07, 6.45) is 5.31. The number of hydrogen-bond donors (Lipinski definition) is 1. The quantitative estimate of drug-likeness (QED) is 0.839. The molecular formula is C15H28N2O. The second-order valence-electron chi connectivity index (χ2n) is 7.58. The molecule has 0 radical (unpaired) electrons. The first kappa shape index (κ1) is 13.9. The van der Waals surface area contributed by atoms with E-state index in [0.717, 1.165) is 25.8 Å². The van der Waals surface area contributed by atoms with Crippen molar-refractivity contribution in [1.82, 2.24) is 4.90 Å². The summed E-state index contributed by atoms with van der Waals surface area (Å²) in [5.41, 5.74) is 6.69. The standard InChI is InChI=1S/C15H28N2O/c1-5-6-12(16)13(18)17-10-15(4)8-11(17)7-14(2,3)9-15/h11-12H,5-10,16H2,1-4H3/t11?,12-,15?/m0/s1. The number of likely N-dealkylation sites (tertiary alicyclic amines) is 1. The molecule has 1 aliphatic carbocycles. The van der Waals surface area contributed by atoms with Crippen LogP contribution in [0.4, 0.5) is 0 Å². The van der Waals surface area contributed by atoms with Crippen LogP contribution >= 0.6 is 0 Å². The highest BCUT2D eigenvalue weighted by atomic mass is 16.2. The third-order valence-electron chi connectivity index (χ3n) is 4.61. The van der Waals surface area contributed by atoms with E-state index in [1.54, 1.807) is 0 Å². The number of nitrogens with zero attached hydrogens (tertiary/aromatic N) is 1. The van der Waals surface area contributed by atoms with Crippen molar-refractivity contribution in [3.63, 3.8) is 0 Å². The second-order valence-corrected chi connectivity index (χ2v) is 7.58. The Bertz CT molecular complexity index is 339. The highest BCUT2D eigenvalue weighted by molar-refractivity contribution is 5.82. The van der Waals surface area contributed by atoms with Gasteiger partial charge in [-0.1, -0.05) is 34.1 Å². The van der Waals surface area contributed by atoms with E-state index in [0.29, 0.717) is 16.9 Å². The summed E-state index contributed by atoms with van der Waals surface area (Å²) in [6, 6.07) is 0.134. The minimum atomic E-state index is -0.291. The normalized spacial score (nSPS) is 35.6. The molecular weight excluding hydrogens is 224 g/mol. The van der Waals surface area contributed by atoms with Gasteiger partial charge in [-0.15, -0.1) is 0 Å². The van der Waals surface area contributed by atoms with Crippen LogP contribution in [0.25, 0.3) is 0 Å².